The molecule has 0 radical (unpaired) electrons. The molecule has 0 bridgehead atoms. The highest BCUT2D eigenvalue weighted by atomic mass is 32.2. The van der Waals surface area contributed by atoms with E-state index >= 15 is 0 Å². The molecule has 3 rings (SSSR count). The number of nitrogens with two attached hydrogens (primary N) is 1. The van der Waals surface area contributed by atoms with Crippen molar-refractivity contribution in [3.05, 3.63) is 89.5 Å². The minimum Gasteiger partial charge on any atom is -0.481 e. The Kier molecular flexibility index (Phi) is 7.89. The van der Waals surface area contributed by atoms with Crippen LogP contribution in [0.2, 0.25) is 0 Å². The summed E-state index contributed by atoms with van der Waals surface area (Å²) in [5.74, 6) is -4.86. The van der Waals surface area contributed by atoms with E-state index in [2.05, 4.69) is 4.72 Å². The van der Waals surface area contributed by atoms with Crippen LogP contribution in [0, 0.1) is 11.3 Å². The molecule has 0 fully saturated rings. The highest BCUT2D eigenvalue weighted by Gasteiger charge is 2.40. The van der Waals surface area contributed by atoms with Crippen molar-refractivity contribution >= 4 is 33.3 Å². The number of nitriles is 1. The Morgan fingerprint density at radius 1 is 1.00 bits per heavy atom. The summed E-state index contributed by atoms with van der Waals surface area (Å²) in [7, 11) is -3.90. The first-order valence-corrected chi connectivity index (χ1v) is 12.7. The minimum atomic E-state index is -3.90. The number of aliphatic carboxylic acids is 1. The van der Waals surface area contributed by atoms with E-state index in [0.29, 0.717) is 5.56 Å². The summed E-state index contributed by atoms with van der Waals surface area (Å²) in [6.07, 6.45) is 0. The van der Waals surface area contributed by atoms with Crippen LogP contribution in [0.25, 0.3) is 0 Å². The number of rotatable bonds is 8. The fourth-order valence-electron chi connectivity index (χ4n) is 3.79. The largest absolute Gasteiger partial charge is 0.481 e. The average Bonchev–Trinajstić information content (AvgIpc) is 2.82. The Morgan fingerprint density at radius 2 is 1.62 bits per heavy atom. The Balaban J connectivity index is 2.07. The van der Waals surface area contributed by atoms with E-state index in [4.69, 9.17) is 15.7 Å². The molecule has 0 aliphatic heterocycles. The Morgan fingerprint density at radius 3 is 2.14 bits per heavy atom. The van der Waals surface area contributed by atoms with Crippen LogP contribution in [0.3, 0.4) is 0 Å². The van der Waals surface area contributed by atoms with Crippen LogP contribution >= 0.6 is 0 Å². The van der Waals surface area contributed by atoms with E-state index in [1.165, 1.54) is 54.6 Å². The average molecular weight is 522 g/mol. The van der Waals surface area contributed by atoms with Gasteiger partial charge in [-0.3, -0.25) is 14.3 Å². The molecule has 0 saturated carbocycles. The fourth-order valence-corrected chi connectivity index (χ4v) is 4.86. The zero-order valence-corrected chi connectivity index (χ0v) is 21.3. The number of nitrogens with one attached hydrogen (secondary N) is 1. The topological polar surface area (TPSA) is 160 Å². The maximum atomic E-state index is 13.3. The lowest BCUT2D eigenvalue weighted by atomic mass is 9.80. The van der Waals surface area contributed by atoms with Crippen molar-refractivity contribution in [1.29, 1.82) is 5.26 Å². The molecule has 37 heavy (non-hydrogen) atoms. The Hall–Kier alpha value is -4.36. The second kappa shape index (κ2) is 10.7. The van der Waals surface area contributed by atoms with Gasteiger partial charge >= 0.3 is 11.9 Å². The number of sulfonamides is 1. The Bertz CT molecular complexity index is 1440. The summed E-state index contributed by atoms with van der Waals surface area (Å²) in [5, 5.41) is 19.2. The summed E-state index contributed by atoms with van der Waals surface area (Å²) < 4.78 is 33.4. The third kappa shape index (κ3) is 6.65. The summed E-state index contributed by atoms with van der Waals surface area (Å²) in [4.78, 5) is 25.9. The number of benzene rings is 3. The standard InChI is InChI=1S/C27H27N3O6S/c1-27(2,3)36-26(33)24(23(25(31)32)18-11-9-17(16-28)10-12-18)21-14-13-19(15-22(21)29)30-37(34,35)20-7-5-4-6-8-20/h4-15,23-24,30H,29H2,1-3H3,(H,31,32). The van der Waals surface area contributed by atoms with Crippen molar-refractivity contribution in [3.8, 4) is 6.07 Å². The molecule has 0 saturated heterocycles. The van der Waals surface area contributed by atoms with Gasteiger partial charge in [-0.05, 0) is 68.3 Å². The SMILES string of the molecule is CC(C)(C)OC(=O)C(c1ccc(NS(=O)(=O)c2ccccc2)cc1N)C(C(=O)O)c1ccc(C#N)cc1. The predicted octanol–water partition coefficient (Wildman–Crippen LogP) is 4.23. The molecule has 0 aromatic heterocycles. The van der Waals surface area contributed by atoms with Crippen LogP contribution in [0.1, 0.15) is 49.3 Å². The summed E-state index contributed by atoms with van der Waals surface area (Å²) in [5.41, 5.74) is 6.26. The van der Waals surface area contributed by atoms with Gasteiger partial charge in [0.05, 0.1) is 28.1 Å². The zero-order chi connectivity index (χ0) is 27.4. The molecule has 10 heteroatoms. The third-order valence-electron chi connectivity index (χ3n) is 5.39. The monoisotopic (exact) mass is 521 g/mol. The molecule has 3 aromatic rings. The second-order valence-corrected chi connectivity index (χ2v) is 11.0. The van der Waals surface area contributed by atoms with Crippen molar-refractivity contribution in [1.82, 2.24) is 0 Å². The van der Waals surface area contributed by atoms with Crippen LogP contribution < -0.4 is 10.5 Å². The molecule has 0 heterocycles. The highest BCUT2D eigenvalue weighted by Crippen LogP contribution is 2.39. The van der Waals surface area contributed by atoms with Gasteiger partial charge in [0.2, 0.25) is 0 Å². The maximum Gasteiger partial charge on any atom is 0.315 e. The molecular formula is C27H27N3O6S. The number of nitrogens with zero attached hydrogens (tertiary/aromatic N) is 1. The lowest BCUT2D eigenvalue weighted by Gasteiger charge is -2.28. The molecule has 3 aromatic carbocycles. The first kappa shape index (κ1) is 27.2. The molecule has 0 aliphatic rings. The van der Waals surface area contributed by atoms with Crippen LogP contribution in [0.4, 0.5) is 11.4 Å². The summed E-state index contributed by atoms with van der Waals surface area (Å²) in [6.45, 7) is 4.97. The smallest absolute Gasteiger partial charge is 0.315 e. The van der Waals surface area contributed by atoms with Crippen molar-refractivity contribution in [2.75, 3.05) is 10.5 Å². The second-order valence-electron chi connectivity index (χ2n) is 9.32. The molecule has 0 spiro atoms. The molecule has 0 aliphatic carbocycles. The van der Waals surface area contributed by atoms with Gasteiger partial charge in [0.15, 0.2) is 0 Å². The molecule has 192 valence electrons. The molecule has 0 amide bonds. The number of hydrogen-bond donors (Lipinski definition) is 3. The van der Waals surface area contributed by atoms with Gasteiger partial charge in [-0.1, -0.05) is 36.4 Å². The molecule has 4 N–H and O–H groups in total. The van der Waals surface area contributed by atoms with Crippen molar-refractivity contribution in [2.24, 2.45) is 0 Å². The van der Waals surface area contributed by atoms with E-state index in [-0.39, 0.29) is 27.4 Å². The normalized spacial score (nSPS) is 13.1. The van der Waals surface area contributed by atoms with Gasteiger partial charge in [0.1, 0.15) is 11.5 Å². The lowest BCUT2D eigenvalue weighted by molar-refractivity contribution is -0.160. The van der Waals surface area contributed by atoms with Crippen LogP contribution in [0.15, 0.2) is 77.7 Å². The van der Waals surface area contributed by atoms with Gasteiger partial charge in [0, 0.05) is 5.69 Å². The minimum absolute atomic E-state index is 0.00372. The van der Waals surface area contributed by atoms with E-state index in [1.54, 1.807) is 39.0 Å². The van der Waals surface area contributed by atoms with Crippen LogP contribution in [-0.4, -0.2) is 31.1 Å². The fraction of sp³-hybridized carbons (Fsp3) is 0.222. The number of anilines is 2. The van der Waals surface area contributed by atoms with E-state index < -0.39 is 39.4 Å². The van der Waals surface area contributed by atoms with Crippen molar-refractivity contribution in [2.45, 2.75) is 43.1 Å². The number of esters is 1. The van der Waals surface area contributed by atoms with Gasteiger partial charge < -0.3 is 15.6 Å². The van der Waals surface area contributed by atoms with E-state index in [1.807, 2.05) is 6.07 Å². The van der Waals surface area contributed by atoms with E-state index in [0.717, 1.165) is 0 Å². The lowest BCUT2D eigenvalue weighted by Crippen LogP contribution is -2.33. The number of carbonyl (C=O) groups excluding carboxylic acids is 1. The Labute approximate surface area is 215 Å². The number of carbonyl (C=O) groups is 2. The van der Waals surface area contributed by atoms with Gasteiger partial charge in [-0.25, -0.2) is 8.42 Å². The third-order valence-corrected chi connectivity index (χ3v) is 6.78. The molecular weight excluding hydrogens is 494 g/mol. The number of ether oxygens (including phenoxy) is 1. The quantitative estimate of drug-likeness (QED) is 0.293. The first-order chi connectivity index (χ1) is 17.3. The van der Waals surface area contributed by atoms with Crippen molar-refractivity contribution in [3.63, 3.8) is 0 Å². The van der Waals surface area contributed by atoms with Gasteiger partial charge in [0.25, 0.3) is 10.0 Å². The van der Waals surface area contributed by atoms with Crippen LogP contribution in [-0.2, 0) is 24.3 Å². The van der Waals surface area contributed by atoms with Crippen molar-refractivity contribution < 1.29 is 27.9 Å². The van der Waals surface area contributed by atoms with Gasteiger partial charge in [-0.2, -0.15) is 5.26 Å². The number of carboxylic acids is 1. The number of hydrogen-bond acceptors (Lipinski definition) is 7. The molecule has 2 unspecified atom stereocenters. The predicted molar refractivity (Wildman–Crippen MR) is 138 cm³/mol. The summed E-state index contributed by atoms with van der Waals surface area (Å²) >= 11 is 0. The van der Waals surface area contributed by atoms with Crippen LogP contribution in [0.5, 0.6) is 0 Å². The number of nitrogen functional groups attached to an aromatic ring is 1. The summed E-state index contributed by atoms with van der Waals surface area (Å²) in [6, 6.07) is 19.7. The zero-order valence-electron chi connectivity index (χ0n) is 20.5. The molecule has 9 nitrogen and oxygen atoms in total. The van der Waals surface area contributed by atoms with Gasteiger partial charge in [-0.15, -0.1) is 0 Å². The highest BCUT2D eigenvalue weighted by molar-refractivity contribution is 7.92. The molecule has 2 atom stereocenters. The number of carboxylic acid groups (broad SMARTS) is 1. The van der Waals surface area contributed by atoms with E-state index in [9.17, 15) is 23.1 Å². The first-order valence-electron chi connectivity index (χ1n) is 11.3. The maximum absolute atomic E-state index is 13.3.